The van der Waals surface area contributed by atoms with Crippen molar-refractivity contribution in [3.05, 3.63) is 12.4 Å². The van der Waals surface area contributed by atoms with Gasteiger partial charge in [-0.3, -0.25) is 9.58 Å². The molecule has 1 aliphatic carbocycles. The molecule has 18 heavy (non-hydrogen) atoms. The normalized spacial score (nSPS) is 28.9. The molecule has 1 saturated heterocycles. The van der Waals surface area contributed by atoms with Gasteiger partial charge in [0.25, 0.3) is 0 Å². The van der Waals surface area contributed by atoms with E-state index in [-0.39, 0.29) is 0 Å². The number of likely N-dealkylation sites (tertiary alicyclic amines) is 1. The topological polar surface area (TPSA) is 46.0 Å². The second-order valence-corrected chi connectivity index (χ2v) is 5.68. The van der Waals surface area contributed by atoms with E-state index < -0.39 is 0 Å². The summed E-state index contributed by atoms with van der Waals surface area (Å²) in [5.41, 5.74) is 0. The van der Waals surface area contributed by atoms with Gasteiger partial charge in [-0.1, -0.05) is 5.21 Å². The number of nitrogens with zero attached hydrogens (tertiary/aromatic N) is 4. The minimum absolute atomic E-state index is 0.691. The molecule has 1 aliphatic heterocycles. The Balaban J connectivity index is 1.34. The molecule has 1 N–H and O–H groups in total. The summed E-state index contributed by atoms with van der Waals surface area (Å²) in [7, 11) is 0. The van der Waals surface area contributed by atoms with E-state index in [9.17, 15) is 0 Å². The SMILES string of the molecule is CC1CC(NCCCn2ccnn2)CN1C1CC1. The predicted octanol–water partition coefficient (Wildman–Crippen LogP) is 0.883. The zero-order valence-corrected chi connectivity index (χ0v) is 11.1. The molecule has 0 amide bonds. The molecule has 2 atom stereocenters. The maximum absolute atomic E-state index is 3.97. The first kappa shape index (κ1) is 12.1. The first-order valence-electron chi connectivity index (χ1n) is 7.16. The fourth-order valence-electron chi connectivity index (χ4n) is 3.02. The van der Waals surface area contributed by atoms with Crippen LogP contribution in [0.1, 0.15) is 32.6 Å². The van der Waals surface area contributed by atoms with Crippen molar-refractivity contribution >= 4 is 0 Å². The molecule has 2 unspecified atom stereocenters. The summed E-state index contributed by atoms with van der Waals surface area (Å²) in [5, 5.41) is 11.5. The van der Waals surface area contributed by atoms with Crippen LogP contribution in [0.4, 0.5) is 0 Å². The highest BCUT2D eigenvalue weighted by Crippen LogP contribution is 2.33. The molecule has 1 aromatic heterocycles. The number of hydrogen-bond donors (Lipinski definition) is 1. The van der Waals surface area contributed by atoms with E-state index in [1.165, 1.54) is 25.8 Å². The van der Waals surface area contributed by atoms with Gasteiger partial charge in [0.2, 0.25) is 0 Å². The van der Waals surface area contributed by atoms with Crippen LogP contribution in [0.5, 0.6) is 0 Å². The van der Waals surface area contributed by atoms with Crippen LogP contribution in [-0.2, 0) is 6.54 Å². The highest BCUT2D eigenvalue weighted by atomic mass is 15.4. The lowest BCUT2D eigenvalue weighted by Crippen LogP contribution is -2.34. The van der Waals surface area contributed by atoms with Gasteiger partial charge in [0.05, 0.1) is 6.20 Å². The van der Waals surface area contributed by atoms with Crippen molar-refractivity contribution in [3.63, 3.8) is 0 Å². The molecular weight excluding hydrogens is 226 g/mol. The molecule has 0 radical (unpaired) electrons. The lowest BCUT2D eigenvalue weighted by Gasteiger charge is -2.19. The van der Waals surface area contributed by atoms with Gasteiger partial charge in [0, 0.05) is 37.4 Å². The first-order chi connectivity index (χ1) is 8.83. The number of aryl methyl sites for hydroxylation is 1. The smallest absolute Gasteiger partial charge is 0.0692 e. The van der Waals surface area contributed by atoms with Crippen molar-refractivity contribution in [2.24, 2.45) is 0 Å². The lowest BCUT2D eigenvalue weighted by atomic mass is 10.2. The van der Waals surface area contributed by atoms with Gasteiger partial charge in [-0.2, -0.15) is 0 Å². The Morgan fingerprint density at radius 3 is 3.00 bits per heavy atom. The van der Waals surface area contributed by atoms with Crippen molar-refractivity contribution in [3.8, 4) is 0 Å². The summed E-state index contributed by atoms with van der Waals surface area (Å²) in [4.78, 5) is 2.69. The highest BCUT2D eigenvalue weighted by molar-refractivity contribution is 4.95. The third-order valence-corrected chi connectivity index (χ3v) is 4.11. The Hall–Kier alpha value is -0.940. The van der Waals surface area contributed by atoms with E-state index in [1.807, 2.05) is 10.9 Å². The Kier molecular flexibility index (Phi) is 3.61. The van der Waals surface area contributed by atoms with Crippen molar-refractivity contribution in [1.29, 1.82) is 0 Å². The first-order valence-corrected chi connectivity index (χ1v) is 7.16. The fraction of sp³-hybridized carbons (Fsp3) is 0.846. The van der Waals surface area contributed by atoms with Crippen LogP contribution in [-0.4, -0.2) is 51.1 Å². The van der Waals surface area contributed by atoms with Gasteiger partial charge in [0.1, 0.15) is 0 Å². The van der Waals surface area contributed by atoms with Crippen LogP contribution in [0.2, 0.25) is 0 Å². The molecule has 1 aromatic rings. The average molecular weight is 249 g/mol. The van der Waals surface area contributed by atoms with Crippen LogP contribution >= 0.6 is 0 Å². The second kappa shape index (κ2) is 5.36. The summed E-state index contributed by atoms with van der Waals surface area (Å²) in [6, 6.07) is 2.36. The molecule has 0 spiro atoms. The van der Waals surface area contributed by atoms with Gasteiger partial charge >= 0.3 is 0 Å². The summed E-state index contributed by atoms with van der Waals surface area (Å²) >= 11 is 0. The van der Waals surface area contributed by atoms with E-state index in [0.29, 0.717) is 6.04 Å². The molecule has 5 nitrogen and oxygen atoms in total. The van der Waals surface area contributed by atoms with Crippen molar-refractivity contribution in [2.75, 3.05) is 13.1 Å². The Morgan fingerprint density at radius 1 is 1.39 bits per heavy atom. The minimum atomic E-state index is 0.691. The van der Waals surface area contributed by atoms with Gasteiger partial charge in [-0.05, 0) is 39.2 Å². The van der Waals surface area contributed by atoms with Crippen LogP contribution in [0.3, 0.4) is 0 Å². The van der Waals surface area contributed by atoms with Gasteiger partial charge in [-0.15, -0.1) is 5.10 Å². The molecule has 2 aliphatic rings. The largest absolute Gasteiger partial charge is 0.313 e. The molecule has 100 valence electrons. The number of hydrogen-bond acceptors (Lipinski definition) is 4. The fourth-order valence-corrected chi connectivity index (χ4v) is 3.02. The third kappa shape index (κ3) is 2.90. The summed E-state index contributed by atoms with van der Waals surface area (Å²) < 4.78 is 1.90. The maximum atomic E-state index is 3.97. The second-order valence-electron chi connectivity index (χ2n) is 5.68. The van der Waals surface area contributed by atoms with Gasteiger partial charge < -0.3 is 5.32 Å². The standard InChI is InChI=1S/C13H23N5/c1-11-9-12(10-18(11)13-3-4-13)14-5-2-7-17-8-6-15-16-17/h6,8,11-14H,2-5,7,9-10H2,1H3. The molecular formula is C13H23N5. The van der Waals surface area contributed by atoms with Crippen LogP contribution in [0.25, 0.3) is 0 Å². The zero-order chi connectivity index (χ0) is 12.4. The summed E-state index contributed by atoms with van der Waals surface area (Å²) in [5.74, 6) is 0. The summed E-state index contributed by atoms with van der Waals surface area (Å²) in [6.45, 7) is 5.65. The number of aromatic nitrogens is 3. The Morgan fingerprint density at radius 2 is 2.28 bits per heavy atom. The molecule has 2 heterocycles. The van der Waals surface area contributed by atoms with E-state index in [2.05, 4.69) is 27.5 Å². The van der Waals surface area contributed by atoms with Crippen LogP contribution in [0.15, 0.2) is 12.4 Å². The molecule has 5 heteroatoms. The lowest BCUT2D eigenvalue weighted by molar-refractivity contribution is 0.255. The molecule has 3 rings (SSSR count). The van der Waals surface area contributed by atoms with Crippen molar-refractivity contribution in [1.82, 2.24) is 25.2 Å². The molecule has 2 fully saturated rings. The van der Waals surface area contributed by atoms with Gasteiger partial charge in [-0.25, -0.2) is 0 Å². The molecule has 1 saturated carbocycles. The third-order valence-electron chi connectivity index (χ3n) is 4.11. The maximum Gasteiger partial charge on any atom is 0.0692 e. The Bertz CT molecular complexity index is 359. The molecule has 0 aromatic carbocycles. The monoisotopic (exact) mass is 249 g/mol. The Labute approximate surface area is 109 Å². The minimum Gasteiger partial charge on any atom is -0.313 e. The van der Waals surface area contributed by atoms with E-state index in [4.69, 9.17) is 0 Å². The number of rotatable bonds is 6. The van der Waals surface area contributed by atoms with Gasteiger partial charge in [0.15, 0.2) is 0 Å². The zero-order valence-electron chi connectivity index (χ0n) is 11.1. The molecule has 0 bridgehead atoms. The van der Waals surface area contributed by atoms with E-state index in [1.54, 1.807) is 6.20 Å². The van der Waals surface area contributed by atoms with E-state index in [0.717, 1.165) is 31.6 Å². The average Bonchev–Trinajstić information content (AvgIpc) is 2.94. The highest BCUT2D eigenvalue weighted by Gasteiger charge is 2.38. The van der Waals surface area contributed by atoms with E-state index >= 15 is 0 Å². The summed E-state index contributed by atoms with van der Waals surface area (Å²) in [6.07, 6.45) is 8.93. The number of nitrogens with one attached hydrogen (secondary N) is 1. The van der Waals surface area contributed by atoms with Crippen molar-refractivity contribution < 1.29 is 0 Å². The van der Waals surface area contributed by atoms with Crippen LogP contribution in [0, 0.1) is 0 Å². The predicted molar refractivity (Wildman–Crippen MR) is 70.2 cm³/mol. The van der Waals surface area contributed by atoms with Crippen LogP contribution < -0.4 is 5.32 Å². The quantitative estimate of drug-likeness (QED) is 0.760. The van der Waals surface area contributed by atoms with Crippen molar-refractivity contribution in [2.45, 2.75) is 57.3 Å².